The van der Waals surface area contributed by atoms with Gasteiger partial charge in [0.1, 0.15) is 0 Å². The summed E-state index contributed by atoms with van der Waals surface area (Å²) in [6, 6.07) is 4.01. The molecule has 1 aromatic carbocycles. The van der Waals surface area contributed by atoms with Crippen LogP contribution in [0.15, 0.2) is 24.5 Å². The van der Waals surface area contributed by atoms with Gasteiger partial charge in [0.05, 0.1) is 13.3 Å². The van der Waals surface area contributed by atoms with Crippen molar-refractivity contribution in [1.29, 1.82) is 0 Å². The van der Waals surface area contributed by atoms with Crippen molar-refractivity contribution >= 4 is 0 Å². The van der Waals surface area contributed by atoms with E-state index in [1.54, 1.807) is 7.11 Å². The van der Waals surface area contributed by atoms with Crippen LogP contribution in [0.3, 0.4) is 0 Å². The molecule has 1 aromatic heterocycles. The van der Waals surface area contributed by atoms with Gasteiger partial charge < -0.3 is 19.3 Å². The maximum absolute atomic E-state index is 9.79. The summed E-state index contributed by atoms with van der Waals surface area (Å²) in [5.74, 6) is 2.63. The maximum atomic E-state index is 9.79. The number of aliphatic hydroxyl groups excluding tert-OH is 1. The van der Waals surface area contributed by atoms with E-state index < -0.39 is 0 Å². The SMILES string of the molecule is COc1cc(CN2C[C@@H](CO)[C@H](c3cnn(C)c3)C2)cc2c1OCO2. The van der Waals surface area contributed by atoms with Gasteiger partial charge in [-0.2, -0.15) is 5.10 Å². The summed E-state index contributed by atoms with van der Waals surface area (Å²) in [7, 11) is 3.56. The molecule has 3 heterocycles. The molecule has 2 aliphatic heterocycles. The molecule has 2 atom stereocenters. The topological polar surface area (TPSA) is 69.0 Å². The van der Waals surface area contributed by atoms with Gasteiger partial charge in [-0.1, -0.05) is 0 Å². The first-order valence-corrected chi connectivity index (χ1v) is 8.46. The van der Waals surface area contributed by atoms with Crippen molar-refractivity contribution in [3.8, 4) is 17.2 Å². The zero-order valence-corrected chi connectivity index (χ0v) is 14.5. The Labute approximate surface area is 146 Å². The Hall–Kier alpha value is -2.25. The number of likely N-dealkylation sites (tertiary alicyclic amines) is 1. The molecule has 7 nitrogen and oxygen atoms in total. The summed E-state index contributed by atoms with van der Waals surface area (Å²) in [4.78, 5) is 2.36. The average molecular weight is 345 g/mol. The molecule has 1 fully saturated rings. The molecule has 0 spiro atoms. The molecule has 1 saturated heterocycles. The van der Waals surface area contributed by atoms with Crippen LogP contribution in [0.2, 0.25) is 0 Å². The van der Waals surface area contributed by atoms with Crippen molar-refractivity contribution in [3.63, 3.8) is 0 Å². The van der Waals surface area contributed by atoms with Gasteiger partial charge >= 0.3 is 0 Å². The second-order valence-corrected chi connectivity index (χ2v) is 6.72. The van der Waals surface area contributed by atoms with E-state index in [4.69, 9.17) is 14.2 Å². The minimum Gasteiger partial charge on any atom is -0.493 e. The van der Waals surface area contributed by atoms with Crippen LogP contribution >= 0.6 is 0 Å². The van der Waals surface area contributed by atoms with Crippen molar-refractivity contribution < 1.29 is 19.3 Å². The zero-order valence-electron chi connectivity index (χ0n) is 14.5. The third kappa shape index (κ3) is 3.05. The smallest absolute Gasteiger partial charge is 0.231 e. The molecule has 2 aliphatic rings. The van der Waals surface area contributed by atoms with E-state index >= 15 is 0 Å². The monoisotopic (exact) mass is 345 g/mol. The van der Waals surface area contributed by atoms with Gasteiger partial charge in [0.15, 0.2) is 11.5 Å². The number of benzene rings is 1. The van der Waals surface area contributed by atoms with Gasteiger partial charge in [-0.15, -0.1) is 0 Å². The van der Waals surface area contributed by atoms with Crippen molar-refractivity contribution in [2.75, 3.05) is 33.6 Å². The fourth-order valence-electron chi connectivity index (χ4n) is 3.82. The second kappa shape index (κ2) is 6.57. The number of aromatic nitrogens is 2. The predicted molar refractivity (Wildman–Crippen MR) is 90.9 cm³/mol. The van der Waals surface area contributed by atoms with Crippen LogP contribution < -0.4 is 14.2 Å². The number of hydrogen-bond donors (Lipinski definition) is 1. The molecule has 25 heavy (non-hydrogen) atoms. The predicted octanol–water partition coefficient (Wildman–Crippen LogP) is 1.37. The van der Waals surface area contributed by atoms with Crippen LogP contribution in [0.5, 0.6) is 17.2 Å². The Balaban J connectivity index is 1.52. The molecule has 1 N–H and O–H groups in total. The molecule has 0 unspecified atom stereocenters. The van der Waals surface area contributed by atoms with Crippen molar-refractivity contribution in [1.82, 2.24) is 14.7 Å². The maximum Gasteiger partial charge on any atom is 0.231 e. The number of aliphatic hydroxyl groups is 1. The first kappa shape index (κ1) is 16.2. The van der Waals surface area contributed by atoms with Gasteiger partial charge in [0.25, 0.3) is 0 Å². The minimum atomic E-state index is 0.181. The molecule has 7 heteroatoms. The van der Waals surface area contributed by atoms with E-state index in [2.05, 4.69) is 10.00 Å². The first-order chi connectivity index (χ1) is 12.2. The number of rotatable bonds is 5. The number of ether oxygens (including phenoxy) is 3. The molecule has 0 aliphatic carbocycles. The third-order valence-electron chi connectivity index (χ3n) is 5.03. The average Bonchev–Trinajstić information content (AvgIpc) is 3.33. The first-order valence-electron chi connectivity index (χ1n) is 8.46. The van der Waals surface area contributed by atoms with Crippen molar-refractivity contribution in [3.05, 3.63) is 35.7 Å². The van der Waals surface area contributed by atoms with Crippen LogP contribution in [0.4, 0.5) is 0 Å². The summed E-state index contributed by atoms with van der Waals surface area (Å²) in [5.41, 5.74) is 2.30. The van der Waals surface area contributed by atoms with E-state index in [1.807, 2.05) is 36.3 Å². The van der Waals surface area contributed by atoms with E-state index in [1.165, 1.54) is 5.56 Å². The summed E-state index contributed by atoms with van der Waals surface area (Å²) in [6.07, 6.45) is 3.95. The molecular weight excluding hydrogens is 322 g/mol. The van der Waals surface area contributed by atoms with E-state index in [9.17, 15) is 5.11 Å². The lowest BCUT2D eigenvalue weighted by Crippen LogP contribution is -2.21. The Bertz CT molecular complexity index is 761. The molecule has 0 radical (unpaired) electrons. The highest BCUT2D eigenvalue weighted by Crippen LogP contribution is 2.42. The molecule has 0 amide bonds. The highest BCUT2D eigenvalue weighted by atomic mass is 16.7. The van der Waals surface area contributed by atoms with Crippen LogP contribution in [-0.2, 0) is 13.6 Å². The van der Waals surface area contributed by atoms with Gasteiger partial charge in [0.2, 0.25) is 12.5 Å². The number of hydrogen-bond acceptors (Lipinski definition) is 6. The highest BCUT2D eigenvalue weighted by Gasteiger charge is 2.34. The fourth-order valence-corrected chi connectivity index (χ4v) is 3.82. The Morgan fingerprint density at radius 1 is 1.32 bits per heavy atom. The minimum absolute atomic E-state index is 0.181. The van der Waals surface area contributed by atoms with E-state index in [0.717, 1.165) is 30.9 Å². The number of nitrogens with zero attached hydrogens (tertiary/aromatic N) is 3. The molecule has 2 aromatic rings. The van der Waals surface area contributed by atoms with Gasteiger partial charge in [0, 0.05) is 51.3 Å². The molecule has 0 bridgehead atoms. The van der Waals surface area contributed by atoms with E-state index in [-0.39, 0.29) is 19.3 Å². The van der Waals surface area contributed by atoms with Crippen molar-refractivity contribution in [2.24, 2.45) is 13.0 Å². The Morgan fingerprint density at radius 3 is 2.92 bits per heavy atom. The molecular formula is C18H23N3O4. The lowest BCUT2D eigenvalue weighted by Gasteiger charge is -2.17. The zero-order chi connectivity index (χ0) is 17.4. The Morgan fingerprint density at radius 2 is 2.20 bits per heavy atom. The Kier molecular flexibility index (Phi) is 4.27. The number of aryl methyl sites for hydroxylation is 1. The highest BCUT2D eigenvalue weighted by molar-refractivity contribution is 5.55. The van der Waals surface area contributed by atoms with E-state index in [0.29, 0.717) is 17.4 Å². The lowest BCUT2D eigenvalue weighted by atomic mass is 9.92. The summed E-state index contributed by atoms with van der Waals surface area (Å²) < 4.78 is 18.2. The molecule has 0 saturated carbocycles. The van der Waals surface area contributed by atoms with Crippen LogP contribution in [0, 0.1) is 5.92 Å². The van der Waals surface area contributed by atoms with Crippen LogP contribution in [0.1, 0.15) is 17.0 Å². The largest absolute Gasteiger partial charge is 0.493 e. The summed E-state index contributed by atoms with van der Waals surface area (Å²) in [5, 5.41) is 14.1. The van der Waals surface area contributed by atoms with Gasteiger partial charge in [-0.3, -0.25) is 9.58 Å². The fraction of sp³-hybridized carbons (Fsp3) is 0.500. The lowest BCUT2D eigenvalue weighted by molar-refractivity contribution is 0.171. The third-order valence-corrected chi connectivity index (χ3v) is 5.03. The molecule has 134 valence electrons. The normalized spacial score (nSPS) is 22.5. The van der Waals surface area contributed by atoms with Crippen LogP contribution in [-0.4, -0.2) is 53.4 Å². The quantitative estimate of drug-likeness (QED) is 0.883. The standard InChI is InChI=1S/C18H23N3O4/c1-20-7-13(5-19-20)15-9-21(8-14(15)10-22)6-12-3-16(23-2)18-17(4-12)24-11-25-18/h3-5,7,14-15,22H,6,8-11H2,1-2H3/t14-,15-/m0/s1. The number of methoxy groups -OCH3 is 1. The second-order valence-electron chi connectivity index (χ2n) is 6.72. The van der Waals surface area contributed by atoms with Crippen LogP contribution in [0.25, 0.3) is 0 Å². The molecule has 4 rings (SSSR count). The number of fused-ring (bicyclic) bond motifs is 1. The van der Waals surface area contributed by atoms with Crippen molar-refractivity contribution in [2.45, 2.75) is 12.5 Å². The summed E-state index contributed by atoms with van der Waals surface area (Å²) >= 11 is 0. The van der Waals surface area contributed by atoms with Gasteiger partial charge in [-0.25, -0.2) is 0 Å². The summed E-state index contributed by atoms with van der Waals surface area (Å²) in [6.45, 7) is 2.94. The van der Waals surface area contributed by atoms with Gasteiger partial charge in [-0.05, 0) is 23.3 Å².